The van der Waals surface area contributed by atoms with Crippen LogP contribution in [0, 0.1) is 0 Å². The van der Waals surface area contributed by atoms with Crippen molar-refractivity contribution in [3.05, 3.63) is 73.3 Å². The molecule has 1 saturated heterocycles. The minimum absolute atomic E-state index is 0.140. The van der Waals surface area contributed by atoms with Crippen molar-refractivity contribution in [3.8, 4) is 5.75 Å². The van der Waals surface area contributed by atoms with Gasteiger partial charge in [0.15, 0.2) is 0 Å². The molecule has 0 radical (unpaired) electrons. The molecule has 0 aromatic heterocycles. The maximum atomic E-state index is 11.2. The number of esters is 1. The minimum atomic E-state index is -0.140. The highest BCUT2D eigenvalue weighted by atomic mass is 16.5. The lowest BCUT2D eigenvalue weighted by Gasteiger charge is -2.36. The third kappa shape index (κ3) is 11.0. The van der Waals surface area contributed by atoms with Crippen molar-refractivity contribution in [2.75, 3.05) is 44.7 Å². The zero-order valence-corrected chi connectivity index (χ0v) is 20.7. The molecule has 178 valence electrons. The molecule has 0 amide bonds. The molecule has 1 aliphatic rings. The summed E-state index contributed by atoms with van der Waals surface area (Å²) in [5, 5.41) is 0. The molecule has 0 spiro atoms. The Labute approximate surface area is 195 Å². The second kappa shape index (κ2) is 18.9. The molecule has 0 N–H and O–H groups in total. The van der Waals surface area contributed by atoms with Gasteiger partial charge in [-0.25, -0.2) is 0 Å². The van der Waals surface area contributed by atoms with Crippen molar-refractivity contribution in [2.45, 2.75) is 40.7 Å². The standard InChI is InChI=1S/C21H26N2O3.2C2H6.C2H4/c1-25-21(24)11-12-22-13-15-23(16-14-22)19-7-9-20(10-8-19)26-17-18-5-3-2-4-6-18;3*1-2/h2-10H,11-17H2,1H3;2*1-2H3;1-2H2. The predicted molar refractivity (Wildman–Crippen MR) is 136 cm³/mol. The lowest BCUT2D eigenvalue weighted by molar-refractivity contribution is -0.141. The van der Waals surface area contributed by atoms with E-state index in [1.165, 1.54) is 18.4 Å². The fourth-order valence-electron chi connectivity index (χ4n) is 3.08. The largest absolute Gasteiger partial charge is 0.489 e. The number of hydrogen-bond acceptors (Lipinski definition) is 5. The van der Waals surface area contributed by atoms with Crippen molar-refractivity contribution in [1.82, 2.24) is 4.90 Å². The smallest absolute Gasteiger partial charge is 0.306 e. The van der Waals surface area contributed by atoms with E-state index in [9.17, 15) is 4.79 Å². The predicted octanol–water partition coefficient (Wildman–Crippen LogP) is 5.81. The Morgan fingerprint density at radius 2 is 1.44 bits per heavy atom. The van der Waals surface area contributed by atoms with Crippen LogP contribution in [0.1, 0.15) is 39.7 Å². The Balaban J connectivity index is 0.00000148. The van der Waals surface area contributed by atoms with Crippen LogP contribution in [0.3, 0.4) is 0 Å². The second-order valence-electron chi connectivity index (χ2n) is 6.42. The lowest BCUT2D eigenvalue weighted by atomic mass is 10.2. The van der Waals surface area contributed by atoms with Crippen LogP contribution in [-0.4, -0.2) is 50.7 Å². The summed E-state index contributed by atoms with van der Waals surface area (Å²) in [6.45, 7) is 19.2. The molecule has 0 saturated carbocycles. The summed E-state index contributed by atoms with van der Waals surface area (Å²) >= 11 is 0. The van der Waals surface area contributed by atoms with E-state index in [1.54, 1.807) is 0 Å². The van der Waals surface area contributed by atoms with Gasteiger partial charge >= 0.3 is 5.97 Å². The summed E-state index contributed by atoms with van der Waals surface area (Å²) in [6, 6.07) is 18.5. The molecule has 32 heavy (non-hydrogen) atoms. The number of rotatable bonds is 7. The van der Waals surface area contributed by atoms with E-state index in [-0.39, 0.29) is 5.97 Å². The maximum Gasteiger partial charge on any atom is 0.306 e. The van der Waals surface area contributed by atoms with Crippen LogP contribution < -0.4 is 9.64 Å². The SMILES string of the molecule is C=C.CC.CC.COC(=O)CCN1CCN(c2ccc(OCc3ccccc3)cc2)CC1. The van der Waals surface area contributed by atoms with Crippen LogP contribution in [0.4, 0.5) is 5.69 Å². The third-order valence-electron chi connectivity index (χ3n) is 4.68. The summed E-state index contributed by atoms with van der Waals surface area (Å²) < 4.78 is 10.5. The monoisotopic (exact) mass is 442 g/mol. The first kappa shape index (κ1) is 29.2. The molecule has 2 aromatic rings. The highest BCUT2D eigenvalue weighted by molar-refractivity contribution is 5.69. The van der Waals surface area contributed by atoms with Crippen LogP contribution in [0.2, 0.25) is 0 Å². The van der Waals surface area contributed by atoms with Crippen molar-refractivity contribution in [2.24, 2.45) is 0 Å². The van der Waals surface area contributed by atoms with E-state index in [1.807, 2.05) is 58.0 Å². The Bertz CT molecular complexity index is 697. The van der Waals surface area contributed by atoms with Gasteiger partial charge in [-0.15, -0.1) is 13.2 Å². The number of ether oxygens (including phenoxy) is 2. The van der Waals surface area contributed by atoms with E-state index in [4.69, 9.17) is 9.47 Å². The van der Waals surface area contributed by atoms with E-state index in [0.29, 0.717) is 13.0 Å². The van der Waals surface area contributed by atoms with Gasteiger partial charge in [-0.2, -0.15) is 0 Å². The van der Waals surface area contributed by atoms with E-state index >= 15 is 0 Å². The first-order chi connectivity index (χ1) is 15.7. The van der Waals surface area contributed by atoms with Crippen molar-refractivity contribution < 1.29 is 14.3 Å². The van der Waals surface area contributed by atoms with Gasteiger partial charge in [0, 0.05) is 38.4 Å². The molecule has 2 aromatic carbocycles. The van der Waals surface area contributed by atoms with E-state index in [2.05, 4.69) is 47.2 Å². The molecule has 1 heterocycles. The number of anilines is 1. The average molecular weight is 443 g/mol. The number of benzene rings is 2. The van der Waals surface area contributed by atoms with Crippen LogP contribution >= 0.6 is 0 Å². The van der Waals surface area contributed by atoms with Gasteiger partial charge in [0.05, 0.1) is 13.5 Å². The van der Waals surface area contributed by atoms with Crippen molar-refractivity contribution in [3.63, 3.8) is 0 Å². The zero-order valence-electron chi connectivity index (χ0n) is 20.7. The van der Waals surface area contributed by atoms with Gasteiger partial charge in [0.2, 0.25) is 0 Å². The normalized spacial score (nSPS) is 12.6. The fourth-order valence-corrected chi connectivity index (χ4v) is 3.08. The number of methoxy groups -OCH3 is 1. The molecular formula is C27H42N2O3. The van der Waals surface area contributed by atoms with Gasteiger partial charge in [-0.05, 0) is 29.8 Å². The third-order valence-corrected chi connectivity index (χ3v) is 4.68. The average Bonchev–Trinajstić information content (AvgIpc) is 2.91. The summed E-state index contributed by atoms with van der Waals surface area (Å²) in [5.74, 6) is 0.743. The topological polar surface area (TPSA) is 42.0 Å². The number of hydrogen-bond donors (Lipinski definition) is 0. The first-order valence-corrected chi connectivity index (χ1v) is 11.6. The quantitative estimate of drug-likeness (QED) is 0.400. The summed E-state index contributed by atoms with van der Waals surface area (Å²) in [6.07, 6.45) is 0.462. The molecule has 0 bridgehead atoms. The van der Waals surface area contributed by atoms with Gasteiger partial charge < -0.3 is 14.4 Å². The zero-order chi connectivity index (χ0) is 24.2. The molecule has 0 aliphatic carbocycles. The minimum Gasteiger partial charge on any atom is -0.489 e. The Morgan fingerprint density at radius 1 is 0.875 bits per heavy atom. The lowest BCUT2D eigenvalue weighted by Crippen LogP contribution is -2.46. The Morgan fingerprint density at radius 3 is 1.97 bits per heavy atom. The summed E-state index contributed by atoms with van der Waals surface area (Å²) in [4.78, 5) is 15.9. The highest BCUT2D eigenvalue weighted by Gasteiger charge is 2.17. The molecule has 0 atom stereocenters. The maximum absolute atomic E-state index is 11.2. The number of piperazine rings is 1. The van der Waals surface area contributed by atoms with Crippen molar-refractivity contribution in [1.29, 1.82) is 0 Å². The molecule has 3 rings (SSSR count). The number of carbonyl (C=O) groups is 1. The molecule has 0 unspecified atom stereocenters. The van der Waals surface area contributed by atoms with E-state index in [0.717, 1.165) is 38.5 Å². The second-order valence-corrected chi connectivity index (χ2v) is 6.42. The van der Waals surface area contributed by atoms with Crippen LogP contribution in [0.15, 0.2) is 67.8 Å². The highest BCUT2D eigenvalue weighted by Crippen LogP contribution is 2.21. The number of carbonyl (C=O) groups excluding carboxylic acids is 1. The molecule has 1 fully saturated rings. The van der Waals surface area contributed by atoms with Gasteiger partial charge in [-0.3, -0.25) is 9.69 Å². The van der Waals surface area contributed by atoms with Gasteiger partial charge in [0.1, 0.15) is 12.4 Å². The summed E-state index contributed by atoms with van der Waals surface area (Å²) in [7, 11) is 1.44. The summed E-state index contributed by atoms with van der Waals surface area (Å²) in [5.41, 5.74) is 2.38. The van der Waals surface area contributed by atoms with Crippen LogP contribution in [-0.2, 0) is 16.1 Å². The molecule has 5 heteroatoms. The molecular weight excluding hydrogens is 400 g/mol. The van der Waals surface area contributed by atoms with Gasteiger partial charge in [0.25, 0.3) is 0 Å². The number of nitrogens with zero attached hydrogens (tertiary/aromatic N) is 2. The first-order valence-electron chi connectivity index (χ1n) is 11.6. The molecule has 5 nitrogen and oxygen atoms in total. The van der Waals surface area contributed by atoms with Crippen LogP contribution in [0.5, 0.6) is 5.75 Å². The van der Waals surface area contributed by atoms with Crippen LogP contribution in [0.25, 0.3) is 0 Å². The Hall–Kier alpha value is -2.79. The van der Waals surface area contributed by atoms with E-state index < -0.39 is 0 Å². The fraction of sp³-hybridized carbons (Fsp3) is 0.444. The van der Waals surface area contributed by atoms with Gasteiger partial charge in [-0.1, -0.05) is 58.0 Å². The van der Waals surface area contributed by atoms with Crippen molar-refractivity contribution >= 4 is 11.7 Å². The Kier molecular flexibility index (Phi) is 17.3. The molecule has 1 aliphatic heterocycles.